The van der Waals surface area contributed by atoms with E-state index in [-0.39, 0.29) is 0 Å². The minimum absolute atomic E-state index is 0.730. The van der Waals surface area contributed by atoms with Gasteiger partial charge in [-0.2, -0.15) is 5.10 Å². The molecule has 1 N–H and O–H groups in total. The van der Waals surface area contributed by atoms with Gasteiger partial charge in [0.05, 0.1) is 5.69 Å². The van der Waals surface area contributed by atoms with Crippen LogP contribution in [0.2, 0.25) is 0 Å². The summed E-state index contributed by atoms with van der Waals surface area (Å²) in [5.41, 5.74) is 3.17. The molecule has 4 rings (SSSR count). The molecule has 0 amide bonds. The van der Waals surface area contributed by atoms with Crippen molar-refractivity contribution in [3.63, 3.8) is 0 Å². The van der Waals surface area contributed by atoms with E-state index in [2.05, 4.69) is 21.6 Å². The quantitative estimate of drug-likeness (QED) is 0.916. The predicted octanol–water partition coefficient (Wildman–Crippen LogP) is 2.32. The van der Waals surface area contributed by atoms with Crippen LogP contribution in [0.25, 0.3) is 5.65 Å². The van der Waals surface area contributed by atoms with Crippen LogP contribution in [0.4, 0.5) is 0 Å². The summed E-state index contributed by atoms with van der Waals surface area (Å²) in [5, 5.41) is 8.14. The maximum Gasteiger partial charge on any atom is 0.155 e. The first kappa shape index (κ1) is 11.4. The summed E-state index contributed by atoms with van der Waals surface area (Å²) in [6, 6.07) is 2.74. The van der Waals surface area contributed by atoms with E-state index in [1.54, 1.807) is 0 Å². The molecule has 0 aromatic carbocycles. The molecule has 4 heteroatoms. The number of hydrogen-bond donors (Lipinski definition) is 1. The van der Waals surface area contributed by atoms with E-state index < -0.39 is 0 Å². The first-order valence-electron chi connectivity index (χ1n) is 7.32. The molecule has 2 bridgehead atoms. The van der Waals surface area contributed by atoms with Crippen molar-refractivity contribution in [2.75, 3.05) is 0 Å². The molecule has 2 aromatic heterocycles. The topological polar surface area (TPSA) is 42.2 Å². The van der Waals surface area contributed by atoms with Crippen LogP contribution < -0.4 is 5.32 Å². The van der Waals surface area contributed by atoms with E-state index in [1.165, 1.54) is 31.2 Å². The van der Waals surface area contributed by atoms with Crippen LogP contribution in [-0.4, -0.2) is 20.6 Å². The van der Waals surface area contributed by atoms with Crippen molar-refractivity contribution in [3.05, 3.63) is 29.7 Å². The Morgan fingerprint density at radius 3 is 3.11 bits per heavy atom. The summed E-state index contributed by atoms with van der Waals surface area (Å²) in [4.78, 5) is 4.46. The molecule has 2 heterocycles. The van der Waals surface area contributed by atoms with Crippen molar-refractivity contribution in [2.24, 2.45) is 11.8 Å². The van der Waals surface area contributed by atoms with Crippen LogP contribution in [0.5, 0.6) is 0 Å². The van der Waals surface area contributed by atoms with Crippen molar-refractivity contribution in [1.29, 1.82) is 0 Å². The Kier molecular flexibility index (Phi) is 2.58. The normalized spacial score (nSPS) is 29.4. The highest BCUT2D eigenvalue weighted by molar-refractivity contribution is 5.38. The van der Waals surface area contributed by atoms with Gasteiger partial charge in [0.2, 0.25) is 0 Å². The lowest BCUT2D eigenvalue weighted by Crippen LogP contribution is -2.33. The van der Waals surface area contributed by atoms with Gasteiger partial charge in [0.15, 0.2) is 5.65 Å². The molecule has 2 aliphatic rings. The number of nitrogens with zero attached hydrogens (tertiary/aromatic N) is 3. The number of nitrogens with one attached hydrogen (secondary N) is 1. The van der Waals surface area contributed by atoms with Crippen molar-refractivity contribution < 1.29 is 0 Å². The molecule has 0 spiro atoms. The Balaban J connectivity index is 1.46. The zero-order valence-electron chi connectivity index (χ0n) is 11.3. The molecular weight excluding hydrogens is 236 g/mol. The van der Waals surface area contributed by atoms with Gasteiger partial charge in [0.25, 0.3) is 0 Å². The lowest BCUT2D eigenvalue weighted by atomic mass is 9.95. The SMILES string of the molecule is Cc1cc2ncc(CNC3CC4CCC3C4)cn2n1. The van der Waals surface area contributed by atoms with Crippen LogP contribution >= 0.6 is 0 Å². The third-order valence-electron chi connectivity index (χ3n) is 4.80. The minimum atomic E-state index is 0.730. The maximum absolute atomic E-state index is 4.46. The largest absolute Gasteiger partial charge is 0.310 e. The van der Waals surface area contributed by atoms with E-state index >= 15 is 0 Å². The van der Waals surface area contributed by atoms with Gasteiger partial charge in [-0.15, -0.1) is 0 Å². The van der Waals surface area contributed by atoms with E-state index in [9.17, 15) is 0 Å². The lowest BCUT2D eigenvalue weighted by molar-refractivity contribution is 0.350. The summed E-state index contributed by atoms with van der Waals surface area (Å²) in [6.07, 6.45) is 9.78. The second-order valence-corrected chi connectivity index (χ2v) is 6.21. The standard InChI is InChI=1S/C15H20N4/c1-10-4-15-17-8-12(9-19(15)18-10)7-16-14-6-11-2-3-13(14)5-11/h4,8-9,11,13-14,16H,2-3,5-7H2,1H3. The molecule has 0 radical (unpaired) electrons. The Hall–Kier alpha value is -1.42. The molecule has 2 fully saturated rings. The van der Waals surface area contributed by atoms with E-state index in [1.807, 2.05) is 23.7 Å². The van der Waals surface area contributed by atoms with Gasteiger partial charge in [0.1, 0.15) is 0 Å². The highest BCUT2D eigenvalue weighted by Gasteiger charge is 2.38. The number of rotatable bonds is 3. The molecule has 2 aromatic rings. The van der Waals surface area contributed by atoms with E-state index in [0.717, 1.165) is 35.8 Å². The third-order valence-corrected chi connectivity index (χ3v) is 4.80. The number of fused-ring (bicyclic) bond motifs is 3. The van der Waals surface area contributed by atoms with Gasteiger partial charge in [0, 0.05) is 36.6 Å². The molecule has 4 nitrogen and oxygen atoms in total. The Morgan fingerprint density at radius 1 is 1.37 bits per heavy atom. The fourth-order valence-electron chi connectivity index (χ4n) is 3.87. The minimum Gasteiger partial charge on any atom is -0.310 e. The molecule has 3 atom stereocenters. The van der Waals surface area contributed by atoms with Crippen LogP contribution in [0.3, 0.4) is 0 Å². The second-order valence-electron chi connectivity index (χ2n) is 6.21. The van der Waals surface area contributed by atoms with Crippen molar-refractivity contribution in [2.45, 2.75) is 45.2 Å². The van der Waals surface area contributed by atoms with Crippen molar-refractivity contribution in [1.82, 2.24) is 19.9 Å². The molecule has 19 heavy (non-hydrogen) atoms. The molecule has 100 valence electrons. The smallest absolute Gasteiger partial charge is 0.155 e. The fourth-order valence-corrected chi connectivity index (χ4v) is 3.87. The van der Waals surface area contributed by atoms with Crippen molar-refractivity contribution >= 4 is 5.65 Å². The third kappa shape index (κ3) is 2.04. The molecule has 0 aliphatic heterocycles. The molecule has 2 saturated carbocycles. The Morgan fingerprint density at radius 2 is 2.32 bits per heavy atom. The summed E-state index contributed by atoms with van der Waals surface area (Å²) in [5.74, 6) is 1.92. The summed E-state index contributed by atoms with van der Waals surface area (Å²) in [7, 11) is 0. The average molecular weight is 256 g/mol. The highest BCUT2D eigenvalue weighted by atomic mass is 15.2. The van der Waals surface area contributed by atoms with Gasteiger partial charge in [-0.3, -0.25) is 0 Å². The van der Waals surface area contributed by atoms with Crippen LogP contribution in [0.15, 0.2) is 18.5 Å². The van der Waals surface area contributed by atoms with Gasteiger partial charge in [-0.1, -0.05) is 6.42 Å². The number of hydrogen-bond acceptors (Lipinski definition) is 3. The predicted molar refractivity (Wildman–Crippen MR) is 73.8 cm³/mol. The van der Waals surface area contributed by atoms with Crippen LogP contribution in [0, 0.1) is 18.8 Å². The van der Waals surface area contributed by atoms with E-state index in [4.69, 9.17) is 0 Å². The summed E-state index contributed by atoms with van der Waals surface area (Å²) < 4.78 is 1.88. The fraction of sp³-hybridized carbons (Fsp3) is 0.600. The first-order valence-corrected chi connectivity index (χ1v) is 7.32. The zero-order valence-corrected chi connectivity index (χ0v) is 11.3. The average Bonchev–Trinajstić information content (AvgIpc) is 3.08. The summed E-state index contributed by atoms with van der Waals surface area (Å²) >= 11 is 0. The van der Waals surface area contributed by atoms with Gasteiger partial charge in [-0.25, -0.2) is 9.50 Å². The molecular formula is C15H20N4. The van der Waals surface area contributed by atoms with Gasteiger partial charge < -0.3 is 5.32 Å². The van der Waals surface area contributed by atoms with Crippen LogP contribution in [-0.2, 0) is 6.54 Å². The van der Waals surface area contributed by atoms with Gasteiger partial charge >= 0.3 is 0 Å². The number of aryl methyl sites for hydroxylation is 1. The second kappa shape index (κ2) is 4.30. The Labute approximate surface area is 113 Å². The zero-order chi connectivity index (χ0) is 12.8. The lowest BCUT2D eigenvalue weighted by Gasteiger charge is -2.22. The maximum atomic E-state index is 4.46. The van der Waals surface area contributed by atoms with E-state index in [0.29, 0.717) is 0 Å². The summed E-state index contributed by atoms with van der Waals surface area (Å²) in [6.45, 7) is 2.91. The monoisotopic (exact) mass is 256 g/mol. The van der Waals surface area contributed by atoms with Gasteiger partial charge in [-0.05, 0) is 38.0 Å². The van der Waals surface area contributed by atoms with Crippen molar-refractivity contribution in [3.8, 4) is 0 Å². The number of aromatic nitrogens is 3. The molecule has 3 unspecified atom stereocenters. The highest BCUT2D eigenvalue weighted by Crippen LogP contribution is 2.44. The molecule has 0 saturated heterocycles. The van der Waals surface area contributed by atoms with Crippen LogP contribution in [0.1, 0.15) is 36.9 Å². The molecule has 2 aliphatic carbocycles. The first-order chi connectivity index (χ1) is 9.28. The Bertz CT molecular complexity index is 603.